The third-order valence-corrected chi connectivity index (χ3v) is 9.27. The van der Waals surface area contributed by atoms with Crippen LogP contribution < -0.4 is 21.3 Å². The van der Waals surface area contributed by atoms with E-state index in [0.29, 0.717) is 30.2 Å². The molecular formula is C37H45FN8O2. The topological polar surface area (TPSA) is 123 Å². The number of carbonyl (C=O) groups is 2. The van der Waals surface area contributed by atoms with Crippen LogP contribution in [0, 0.1) is 12.7 Å². The lowest BCUT2D eigenvalue weighted by Gasteiger charge is -2.40. The van der Waals surface area contributed by atoms with Gasteiger partial charge in [0.05, 0.1) is 17.9 Å². The van der Waals surface area contributed by atoms with Gasteiger partial charge in [0.25, 0.3) is 5.91 Å². The molecule has 1 saturated heterocycles. The number of piperidine rings is 1. The van der Waals surface area contributed by atoms with Gasteiger partial charge >= 0.3 is 0 Å². The van der Waals surface area contributed by atoms with Crippen molar-refractivity contribution in [2.75, 3.05) is 49.3 Å². The van der Waals surface area contributed by atoms with Crippen molar-refractivity contribution in [3.05, 3.63) is 107 Å². The van der Waals surface area contributed by atoms with Gasteiger partial charge in [-0.15, -0.1) is 0 Å². The van der Waals surface area contributed by atoms with Gasteiger partial charge < -0.3 is 31.1 Å². The highest BCUT2D eigenvalue weighted by atomic mass is 19.1. The molecule has 0 radical (unpaired) electrons. The van der Waals surface area contributed by atoms with E-state index in [0.717, 1.165) is 49.2 Å². The van der Waals surface area contributed by atoms with E-state index < -0.39 is 0 Å². The van der Waals surface area contributed by atoms with E-state index in [4.69, 9.17) is 5.73 Å². The first kappa shape index (κ1) is 34.2. The summed E-state index contributed by atoms with van der Waals surface area (Å²) in [5.74, 6) is -0.586. The SMILES string of the molecule is Cc1cccc(N/C=C(\N)C(=O)N2CCc3c(cccc3N3CCC(N(C)C)CC3)C2C)c1F.O=CNc1ccc(-c2cn[nH]c2)cc1. The number of nitrogens with one attached hydrogen (secondary N) is 3. The number of hydrogen-bond donors (Lipinski definition) is 4. The average molecular weight is 653 g/mol. The highest BCUT2D eigenvalue weighted by molar-refractivity contribution is 5.93. The highest BCUT2D eigenvalue weighted by Gasteiger charge is 2.31. The predicted molar refractivity (Wildman–Crippen MR) is 190 cm³/mol. The first-order chi connectivity index (χ1) is 23.2. The Morgan fingerprint density at radius 1 is 1.02 bits per heavy atom. The van der Waals surface area contributed by atoms with Gasteiger partial charge in [-0.25, -0.2) is 4.39 Å². The van der Waals surface area contributed by atoms with Crippen LogP contribution in [0.2, 0.25) is 0 Å². The molecule has 2 amide bonds. The number of H-pyrrole nitrogens is 1. The van der Waals surface area contributed by atoms with Gasteiger partial charge in [0.15, 0.2) is 0 Å². The van der Waals surface area contributed by atoms with Crippen molar-refractivity contribution in [3.63, 3.8) is 0 Å². The largest absolute Gasteiger partial charge is 0.393 e. The minimum Gasteiger partial charge on any atom is -0.393 e. The van der Waals surface area contributed by atoms with Crippen molar-refractivity contribution in [2.24, 2.45) is 5.73 Å². The number of rotatable bonds is 8. The molecule has 0 aliphatic carbocycles. The number of halogens is 1. The van der Waals surface area contributed by atoms with Gasteiger partial charge in [0, 0.05) is 55.0 Å². The van der Waals surface area contributed by atoms with Crippen LogP contribution in [0.5, 0.6) is 0 Å². The first-order valence-electron chi connectivity index (χ1n) is 16.3. The number of anilines is 3. The van der Waals surface area contributed by atoms with Crippen LogP contribution in [0.4, 0.5) is 21.5 Å². The van der Waals surface area contributed by atoms with E-state index in [2.05, 4.69) is 69.8 Å². The van der Waals surface area contributed by atoms with Gasteiger partial charge in [-0.2, -0.15) is 5.10 Å². The summed E-state index contributed by atoms with van der Waals surface area (Å²) in [6.45, 7) is 6.45. The van der Waals surface area contributed by atoms with E-state index in [9.17, 15) is 14.0 Å². The lowest BCUT2D eigenvalue weighted by atomic mass is 9.90. The van der Waals surface area contributed by atoms with Crippen LogP contribution >= 0.6 is 0 Å². The minimum absolute atomic E-state index is 0.0677. The maximum Gasteiger partial charge on any atom is 0.271 e. The molecule has 5 N–H and O–H groups in total. The van der Waals surface area contributed by atoms with Gasteiger partial charge in [-0.3, -0.25) is 14.7 Å². The number of carbonyl (C=O) groups excluding carboxylic acids is 2. The molecule has 0 spiro atoms. The summed E-state index contributed by atoms with van der Waals surface area (Å²) in [4.78, 5) is 30.0. The average Bonchev–Trinajstić information content (AvgIpc) is 3.65. The summed E-state index contributed by atoms with van der Waals surface area (Å²) >= 11 is 0. The summed E-state index contributed by atoms with van der Waals surface area (Å²) in [6, 6.07) is 19.6. The Morgan fingerprint density at radius 2 is 1.75 bits per heavy atom. The van der Waals surface area contributed by atoms with Crippen molar-refractivity contribution >= 4 is 29.4 Å². The van der Waals surface area contributed by atoms with E-state index in [-0.39, 0.29) is 23.5 Å². The molecule has 10 nitrogen and oxygen atoms in total. The zero-order valence-corrected chi connectivity index (χ0v) is 28.0. The number of aromatic nitrogens is 2. The smallest absolute Gasteiger partial charge is 0.271 e. The van der Waals surface area contributed by atoms with Crippen LogP contribution in [0.3, 0.4) is 0 Å². The Morgan fingerprint density at radius 3 is 2.42 bits per heavy atom. The number of benzene rings is 3. The lowest BCUT2D eigenvalue weighted by molar-refractivity contribution is -0.129. The van der Waals surface area contributed by atoms with E-state index >= 15 is 0 Å². The summed E-state index contributed by atoms with van der Waals surface area (Å²) in [6.07, 6.45) is 8.74. The van der Waals surface area contributed by atoms with Crippen molar-refractivity contribution in [1.29, 1.82) is 0 Å². The van der Waals surface area contributed by atoms with Crippen molar-refractivity contribution in [2.45, 2.75) is 45.2 Å². The lowest BCUT2D eigenvalue weighted by Crippen LogP contribution is -2.44. The number of hydrogen-bond acceptors (Lipinski definition) is 7. The monoisotopic (exact) mass is 652 g/mol. The Labute approximate surface area is 281 Å². The number of aromatic amines is 1. The Balaban J connectivity index is 0.000000267. The number of aryl methyl sites for hydroxylation is 1. The molecule has 6 rings (SSSR count). The van der Waals surface area contributed by atoms with Crippen LogP contribution in [0.15, 0.2) is 85.0 Å². The zero-order valence-electron chi connectivity index (χ0n) is 28.0. The Hall–Kier alpha value is -5.16. The van der Waals surface area contributed by atoms with E-state index in [1.807, 2.05) is 35.4 Å². The minimum atomic E-state index is -0.346. The number of amides is 2. The Bertz CT molecular complexity index is 1710. The summed E-state index contributed by atoms with van der Waals surface area (Å²) in [7, 11) is 4.32. The maximum absolute atomic E-state index is 14.3. The summed E-state index contributed by atoms with van der Waals surface area (Å²) in [5, 5.41) is 12.0. The maximum atomic E-state index is 14.3. The molecular weight excluding hydrogens is 607 g/mol. The fraction of sp³-hybridized carbons (Fsp3) is 0.324. The number of nitrogens with two attached hydrogens (primary N) is 1. The standard InChI is InChI=1S/C27H36FN5O.C10H9N3O/c1-18-7-5-9-24(26(18)28)30-17-23(29)27(34)33-16-13-22-21(19(33)2)8-6-10-25(22)32-14-11-20(12-15-32)31(3)4;14-7-11-10-3-1-8(2-4-10)9-5-12-13-6-9/h5-10,17,19-20,30H,11-16,29H2,1-4H3;1-7H,(H,11,14)(H,12,13)/b23-17-;. The molecule has 1 atom stereocenters. The molecule has 4 aromatic rings. The second kappa shape index (κ2) is 15.6. The van der Waals surface area contributed by atoms with Crippen molar-refractivity contribution < 1.29 is 14.0 Å². The molecule has 2 aliphatic rings. The second-order valence-corrected chi connectivity index (χ2v) is 12.5. The van der Waals surface area contributed by atoms with Crippen LogP contribution in [-0.2, 0) is 16.0 Å². The molecule has 0 saturated carbocycles. The van der Waals surface area contributed by atoms with Crippen LogP contribution in [-0.4, -0.2) is 72.1 Å². The van der Waals surface area contributed by atoms with Gasteiger partial charge in [-0.05, 0) is 93.7 Å². The molecule has 1 aromatic heterocycles. The molecule has 11 heteroatoms. The molecule has 1 unspecified atom stereocenters. The van der Waals surface area contributed by atoms with Crippen LogP contribution in [0.1, 0.15) is 42.5 Å². The van der Waals surface area contributed by atoms with E-state index in [1.165, 1.54) is 23.0 Å². The Kier molecular flexibility index (Phi) is 11.1. The molecule has 48 heavy (non-hydrogen) atoms. The molecule has 1 fully saturated rings. The predicted octanol–water partition coefficient (Wildman–Crippen LogP) is 5.67. The zero-order chi connectivity index (χ0) is 34.2. The quantitative estimate of drug-likeness (QED) is 0.143. The molecule has 3 heterocycles. The third-order valence-electron chi connectivity index (χ3n) is 9.27. The molecule has 0 bridgehead atoms. The van der Waals surface area contributed by atoms with Gasteiger partial charge in [0.2, 0.25) is 6.41 Å². The number of nitrogens with zero attached hydrogens (tertiary/aromatic N) is 4. The number of fused-ring (bicyclic) bond motifs is 1. The highest BCUT2D eigenvalue weighted by Crippen LogP contribution is 2.37. The first-order valence-corrected chi connectivity index (χ1v) is 16.3. The van der Waals surface area contributed by atoms with Crippen LogP contribution in [0.25, 0.3) is 11.1 Å². The van der Waals surface area contributed by atoms with Crippen molar-refractivity contribution in [3.8, 4) is 11.1 Å². The van der Waals surface area contributed by atoms with Gasteiger partial charge in [0.1, 0.15) is 11.5 Å². The summed E-state index contributed by atoms with van der Waals surface area (Å²) in [5.41, 5.74) is 13.7. The normalized spacial score (nSPS) is 16.5. The second-order valence-electron chi connectivity index (χ2n) is 12.5. The molecule has 3 aromatic carbocycles. The summed E-state index contributed by atoms with van der Waals surface area (Å²) < 4.78 is 14.3. The fourth-order valence-corrected chi connectivity index (χ4v) is 6.42. The molecule has 2 aliphatic heterocycles. The van der Waals surface area contributed by atoms with Gasteiger partial charge in [-0.1, -0.05) is 36.4 Å². The van der Waals surface area contributed by atoms with Crippen molar-refractivity contribution in [1.82, 2.24) is 20.0 Å². The third kappa shape index (κ3) is 7.86. The van der Waals surface area contributed by atoms with E-state index in [1.54, 1.807) is 31.3 Å². The molecule has 252 valence electrons. The fourth-order valence-electron chi connectivity index (χ4n) is 6.42.